The molecule has 0 spiro atoms. The Morgan fingerprint density at radius 2 is 1.90 bits per heavy atom. The van der Waals surface area contributed by atoms with Crippen molar-refractivity contribution in [3.63, 3.8) is 0 Å². The van der Waals surface area contributed by atoms with Crippen LogP contribution in [0.15, 0.2) is 12.2 Å². The smallest absolute Gasteiger partial charge is 0.308 e. The lowest BCUT2D eigenvalue weighted by Gasteiger charge is -2.47. The number of carbonyl (C=O) groups is 2. The lowest BCUT2D eigenvalue weighted by atomic mass is 9.62. The molecule has 0 aromatic heterocycles. The second-order valence-corrected chi connectivity index (χ2v) is 9.26. The van der Waals surface area contributed by atoms with Crippen LogP contribution in [0.4, 0.5) is 0 Å². The van der Waals surface area contributed by atoms with Crippen molar-refractivity contribution < 1.29 is 34.8 Å². The van der Waals surface area contributed by atoms with Crippen molar-refractivity contribution >= 4 is 11.9 Å². The number of allylic oxidation sites excluding steroid dienone is 2. The van der Waals surface area contributed by atoms with Crippen LogP contribution in [0.5, 0.6) is 0 Å². The highest BCUT2D eigenvalue weighted by Gasteiger charge is 2.45. The first-order chi connectivity index (χ1) is 14.1. The zero-order valence-electron chi connectivity index (χ0n) is 18.3. The van der Waals surface area contributed by atoms with E-state index < -0.39 is 30.7 Å². The number of esters is 1. The van der Waals surface area contributed by atoms with Crippen molar-refractivity contribution in [2.45, 2.75) is 90.1 Å². The average molecular weight is 426 g/mol. The van der Waals surface area contributed by atoms with Gasteiger partial charge in [-0.3, -0.25) is 4.79 Å². The molecule has 0 bridgehead atoms. The van der Waals surface area contributed by atoms with Crippen LogP contribution >= 0.6 is 0 Å². The number of hydrogen-bond donors (Lipinski definition) is 3. The maximum absolute atomic E-state index is 12.4. The number of fused-ring (bicyclic) bond motifs is 1. The van der Waals surface area contributed by atoms with E-state index >= 15 is 0 Å². The standard InChI is InChI=1S/C23H38O7/c1-4-13(2)23(29)30-20-11-17(25)9-15-6-5-14(3)19(22(15)20)8-7-16(24)10-18(26)12-21(27)28/h5-6,13-20,22,24-26H,4,7-12H2,1-3H3,(H,27,28)/p-1/t13-,14-,15-,16-,17+,18-,19-,20-,22-/m0/s1. The molecule has 9 atom stereocenters. The number of aliphatic carboxylic acids is 1. The van der Waals surface area contributed by atoms with Gasteiger partial charge in [0.15, 0.2) is 0 Å². The minimum atomic E-state index is -1.34. The van der Waals surface area contributed by atoms with E-state index in [0.29, 0.717) is 32.1 Å². The third kappa shape index (κ3) is 6.79. The molecule has 0 aliphatic heterocycles. The monoisotopic (exact) mass is 425 g/mol. The van der Waals surface area contributed by atoms with Crippen LogP contribution in [0, 0.1) is 29.6 Å². The first kappa shape index (κ1) is 24.8. The Hall–Kier alpha value is -1.44. The Balaban J connectivity index is 2.06. The van der Waals surface area contributed by atoms with E-state index in [9.17, 15) is 30.0 Å². The summed E-state index contributed by atoms with van der Waals surface area (Å²) in [5.74, 6) is -1.18. The summed E-state index contributed by atoms with van der Waals surface area (Å²) >= 11 is 0. The van der Waals surface area contributed by atoms with Gasteiger partial charge in [0, 0.05) is 24.7 Å². The molecule has 7 nitrogen and oxygen atoms in total. The molecule has 0 aromatic rings. The highest BCUT2D eigenvalue weighted by molar-refractivity contribution is 5.72. The predicted octanol–water partition coefficient (Wildman–Crippen LogP) is 1.19. The molecule has 0 heterocycles. The molecule has 0 amide bonds. The number of rotatable bonds is 10. The highest BCUT2D eigenvalue weighted by Crippen LogP contribution is 2.46. The van der Waals surface area contributed by atoms with Gasteiger partial charge in [0.1, 0.15) is 6.10 Å². The summed E-state index contributed by atoms with van der Waals surface area (Å²) < 4.78 is 5.87. The van der Waals surface area contributed by atoms with Crippen molar-refractivity contribution in [3.8, 4) is 0 Å². The molecule has 2 rings (SSSR count). The summed E-state index contributed by atoms with van der Waals surface area (Å²) in [5, 5.41) is 40.9. The molecule has 0 radical (unpaired) electrons. The maximum Gasteiger partial charge on any atom is 0.308 e. The molecule has 1 saturated carbocycles. The summed E-state index contributed by atoms with van der Waals surface area (Å²) in [4.78, 5) is 23.0. The quantitative estimate of drug-likeness (QED) is 0.354. The topological polar surface area (TPSA) is 127 Å². The van der Waals surface area contributed by atoms with Gasteiger partial charge in [0.05, 0.1) is 24.2 Å². The van der Waals surface area contributed by atoms with Gasteiger partial charge in [0.2, 0.25) is 0 Å². The Bertz CT molecular complexity index is 604. The van der Waals surface area contributed by atoms with Gasteiger partial charge in [-0.1, -0.05) is 32.9 Å². The van der Waals surface area contributed by atoms with Crippen LogP contribution in [-0.4, -0.2) is 51.7 Å². The number of hydrogen-bond acceptors (Lipinski definition) is 7. The van der Waals surface area contributed by atoms with Gasteiger partial charge in [-0.2, -0.15) is 0 Å². The Kier molecular flexibility index (Phi) is 9.31. The lowest BCUT2D eigenvalue weighted by Crippen LogP contribution is -2.47. The minimum absolute atomic E-state index is 0.00976. The largest absolute Gasteiger partial charge is 0.550 e. The molecule has 2 aliphatic rings. The van der Waals surface area contributed by atoms with Gasteiger partial charge in [0.25, 0.3) is 0 Å². The number of carbonyl (C=O) groups excluding carboxylic acids is 2. The molecule has 0 aromatic carbocycles. The maximum atomic E-state index is 12.4. The molecular weight excluding hydrogens is 388 g/mol. The zero-order chi connectivity index (χ0) is 22.4. The third-order valence-electron chi connectivity index (χ3n) is 6.87. The molecular formula is C23H37O7-. The summed E-state index contributed by atoms with van der Waals surface area (Å²) in [6, 6.07) is 0. The van der Waals surface area contributed by atoms with Crippen LogP contribution in [-0.2, 0) is 14.3 Å². The fourth-order valence-corrected chi connectivity index (χ4v) is 4.99. The Labute approximate surface area is 179 Å². The first-order valence-electron chi connectivity index (χ1n) is 11.2. The molecule has 172 valence electrons. The number of aliphatic hydroxyl groups is 3. The van der Waals surface area contributed by atoms with E-state index in [1.54, 1.807) is 0 Å². The molecule has 1 fully saturated rings. The summed E-state index contributed by atoms with van der Waals surface area (Å²) in [6.45, 7) is 5.89. The van der Waals surface area contributed by atoms with Crippen LogP contribution in [0.1, 0.15) is 65.7 Å². The molecule has 3 N–H and O–H groups in total. The van der Waals surface area contributed by atoms with Gasteiger partial charge >= 0.3 is 5.97 Å². The fraction of sp³-hybridized carbons (Fsp3) is 0.826. The Morgan fingerprint density at radius 1 is 1.20 bits per heavy atom. The fourth-order valence-electron chi connectivity index (χ4n) is 4.99. The van der Waals surface area contributed by atoms with Crippen LogP contribution in [0.25, 0.3) is 0 Å². The van der Waals surface area contributed by atoms with Crippen LogP contribution < -0.4 is 5.11 Å². The zero-order valence-corrected chi connectivity index (χ0v) is 18.3. The number of carboxylic acid groups (broad SMARTS) is 1. The van der Waals surface area contributed by atoms with E-state index in [0.717, 1.165) is 0 Å². The average Bonchev–Trinajstić information content (AvgIpc) is 2.65. The SMILES string of the molecule is CC[C@H](C)C(=O)O[C@H]1C[C@H](O)C[C@@H]2C=C[C@H](C)[C@H](CC[C@H](O)C[C@H](O)CC(=O)[O-])[C@@H]12. The van der Waals surface area contributed by atoms with Crippen molar-refractivity contribution in [2.24, 2.45) is 29.6 Å². The lowest BCUT2D eigenvalue weighted by molar-refractivity contribution is -0.307. The molecule has 0 unspecified atom stereocenters. The second kappa shape index (κ2) is 11.3. The molecule has 0 saturated heterocycles. The van der Waals surface area contributed by atoms with E-state index in [-0.39, 0.29) is 48.1 Å². The summed E-state index contributed by atoms with van der Waals surface area (Å²) in [5.41, 5.74) is 0. The number of carboxylic acids is 1. The normalized spacial score (nSPS) is 33.9. The third-order valence-corrected chi connectivity index (χ3v) is 6.87. The highest BCUT2D eigenvalue weighted by atomic mass is 16.5. The van der Waals surface area contributed by atoms with Gasteiger partial charge < -0.3 is 30.0 Å². The number of aliphatic hydroxyl groups excluding tert-OH is 3. The van der Waals surface area contributed by atoms with E-state index in [4.69, 9.17) is 4.74 Å². The second-order valence-electron chi connectivity index (χ2n) is 9.26. The molecule has 2 aliphatic carbocycles. The first-order valence-corrected chi connectivity index (χ1v) is 11.2. The minimum Gasteiger partial charge on any atom is -0.550 e. The van der Waals surface area contributed by atoms with Gasteiger partial charge in [-0.15, -0.1) is 0 Å². The van der Waals surface area contributed by atoms with Gasteiger partial charge in [-0.05, 0) is 49.9 Å². The van der Waals surface area contributed by atoms with Crippen molar-refractivity contribution in [1.82, 2.24) is 0 Å². The summed E-state index contributed by atoms with van der Waals surface area (Å²) in [7, 11) is 0. The molecule has 30 heavy (non-hydrogen) atoms. The van der Waals surface area contributed by atoms with Crippen molar-refractivity contribution in [3.05, 3.63) is 12.2 Å². The van der Waals surface area contributed by atoms with Gasteiger partial charge in [-0.25, -0.2) is 0 Å². The summed E-state index contributed by atoms with van der Waals surface area (Å²) in [6.07, 6.45) is 3.78. The van der Waals surface area contributed by atoms with E-state index in [1.807, 2.05) is 13.8 Å². The van der Waals surface area contributed by atoms with E-state index in [1.165, 1.54) is 0 Å². The van der Waals surface area contributed by atoms with E-state index in [2.05, 4.69) is 19.1 Å². The van der Waals surface area contributed by atoms with Crippen LogP contribution in [0.2, 0.25) is 0 Å². The number of ether oxygens (including phenoxy) is 1. The molecule has 7 heteroatoms. The predicted molar refractivity (Wildman–Crippen MR) is 109 cm³/mol. The van der Waals surface area contributed by atoms with Crippen LogP contribution in [0.3, 0.4) is 0 Å². The van der Waals surface area contributed by atoms with Crippen molar-refractivity contribution in [2.75, 3.05) is 0 Å². The van der Waals surface area contributed by atoms with Crippen molar-refractivity contribution in [1.29, 1.82) is 0 Å². The Morgan fingerprint density at radius 3 is 2.53 bits per heavy atom.